The third-order valence-corrected chi connectivity index (χ3v) is 3.23. The van der Waals surface area contributed by atoms with Gasteiger partial charge in [-0.15, -0.1) is 11.3 Å². The molecule has 0 saturated carbocycles. The monoisotopic (exact) mass is 249 g/mol. The Morgan fingerprint density at radius 3 is 3.06 bits per heavy atom. The summed E-state index contributed by atoms with van der Waals surface area (Å²) in [4.78, 5) is 15.3. The molecular formula is C12H11NO3S. The minimum atomic E-state index is -0.915. The number of hydrogen-bond acceptors (Lipinski definition) is 4. The molecule has 0 aliphatic rings. The molecule has 0 aliphatic carbocycles. The first-order valence-corrected chi connectivity index (χ1v) is 5.90. The molecule has 0 bridgehead atoms. The number of ether oxygens (including phenoxy) is 1. The van der Waals surface area contributed by atoms with Gasteiger partial charge in [0, 0.05) is 11.8 Å². The van der Waals surface area contributed by atoms with E-state index in [0.29, 0.717) is 16.2 Å². The van der Waals surface area contributed by atoms with Crippen LogP contribution >= 0.6 is 11.3 Å². The van der Waals surface area contributed by atoms with Gasteiger partial charge >= 0.3 is 5.97 Å². The number of rotatable bonds is 4. The van der Waals surface area contributed by atoms with Crippen LogP contribution in [0.4, 0.5) is 0 Å². The molecular weight excluding hydrogens is 238 g/mol. The Bertz CT molecular complexity index is 536. The van der Waals surface area contributed by atoms with Crippen LogP contribution in [0.5, 0.6) is 5.75 Å². The van der Waals surface area contributed by atoms with E-state index in [4.69, 9.17) is 9.84 Å². The Labute approximate surface area is 103 Å². The Hall–Kier alpha value is -1.88. The standard InChI is InChI=1S/C12H11NO3S/c1-8-10(3-2-5-13-8)16-7-9-4-6-17-11(9)12(14)15/h2-6H,7H2,1H3,(H,14,15). The molecule has 0 radical (unpaired) electrons. The zero-order valence-electron chi connectivity index (χ0n) is 9.21. The van der Waals surface area contributed by atoms with Crippen molar-refractivity contribution in [3.63, 3.8) is 0 Å². The van der Waals surface area contributed by atoms with Crippen LogP contribution in [-0.2, 0) is 6.61 Å². The van der Waals surface area contributed by atoms with E-state index in [-0.39, 0.29) is 6.61 Å². The number of hydrogen-bond donors (Lipinski definition) is 1. The van der Waals surface area contributed by atoms with Gasteiger partial charge in [-0.2, -0.15) is 0 Å². The molecule has 2 rings (SSSR count). The van der Waals surface area contributed by atoms with E-state index in [2.05, 4.69) is 4.98 Å². The van der Waals surface area contributed by atoms with E-state index >= 15 is 0 Å². The molecule has 2 heterocycles. The molecule has 1 N–H and O–H groups in total. The number of carboxylic acids is 1. The first-order valence-electron chi connectivity index (χ1n) is 5.02. The average Bonchev–Trinajstić information content (AvgIpc) is 2.76. The SMILES string of the molecule is Cc1ncccc1OCc1ccsc1C(=O)O. The zero-order valence-corrected chi connectivity index (χ0v) is 10.0. The van der Waals surface area contributed by atoms with Gasteiger partial charge in [0.2, 0.25) is 0 Å². The van der Waals surface area contributed by atoms with Gasteiger partial charge in [0.15, 0.2) is 0 Å². The van der Waals surface area contributed by atoms with E-state index in [0.717, 1.165) is 5.69 Å². The van der Waals surface area contributed by atoms with Gasteiger partial charge in [-0.05, 0) is 30.5 Å². The van der Waals surface area contributed by atoms with Crippen LogP contribution in [0.1, 0.15) is 20.9 Å². The van der Waals surface area contributed by atoms with Gasteiger partial charge in [0.05, 0.1) is 5.69 Å². The van der Waals surface area contributed by atoms with Crippen LogP contribution in [-0.4, -0.2) is 16.1 Å². The number of nitrogens with zero attached hydrogens (tertiary/aromatic N) is 1. The summed E-state index contributed by atoms with van der Waals surface area (Å²) in [5.74, 6) is -0.239. The van der Waals surface area contributed by atoms with E-state index in [1.54, 1.807) is 23.7 Å². The van der Waals surface area contributed by atoms with Crippen molar-refractivity contribution < 1.29 is 14.6 Å². The minimum absolute atomic E-state index is 0.248. The van der Waals surface area contributed by atoms with Crippen molar-refractivity contribution in [2.75, 3.05) is 0 Å². The lowest BCUT2D eigenvalue weighted by Crippen LogP contribution is -2.02. The van der Waals surface area contributed by atoms with Gasteiger partial charge in [0.25, 0.3) is 0 Å². The first kappa shape index (κ1) is 11.6. The molecule has 0 saturated heterocycles. The molecule has 0 aromatic carbocycles. The van der Waals surface area contributed by atoms with E-state index < -0.39 is 5.97 Å². The van der Waals surface area contributed by atoms with Crippen molar-refractivity contribution in [3.05, 3.63) is 45.9 Å². The van der Waals surface area contributed by atoms with Crippen LogP contribution in [0.15, 0.2) is 29.8 Å². The molecule has 2 aromatic rings. The summed E-state index contributed by atoms with van der Waals surface area (Å²) in [7, 11) is 0. The summed E-state index contributed by atoms with van der Waals surface area (Å²) in [5, 5.41) is 10.7. The summed E-state index contributed by atoms with van der Waals surface area (Å²) in [5.41, 5.74) is 1.48. The Morgan fingerprint density at radius 2 is 2.35 bits per heavy atom. The fraction of sp³-hybridized carbons (Fsp3) is 0.167. The largest absolute Gasteiger partial charge is 0.487 e. The number of aromatic carboxylic acids is 1. The first-order chi connectivity index (χ1) is 8.18. The molecule has 0 atom stereocenters. The topological polar surface area (TPSA) is 59.4 Å². The quantitative estimate of drug-likeness (QED) is 0.905. The highest BCUT2D eigenvalue weighted by Gasteiger charge is 2.12. The van der Waals surface area contributed by atoms with Crippen LogP contribution in [0.25, 0.3) is 0 Å². The highest BCUT2D eigenvalue weighted by molar-refractivity contribution is 7.12. The highest BCUT2D eigenvalue weighted by atomic mass is 32.1. The van der Waals surface area contributed by atoms with Crippen molar-refractivity contribution in [2.24, 2.45) is 0 Å². The van der Waals surface area contributed by atoms with E-state index in [9.17, 15) is 4.79 Å². The molecule has 2 aromatic heterocycles. The molecule has 5 heteroatoms. The predicted octanol–water partition coefficient (Wildman–Crippen LogP) is 2.73. The fourth-order valence-corrected chi connectivity index (χ4v) is 2.16. The van der Waals surface area contributed by atoms with Crippen LogP contribution in [0, 0.1) is 6.92 Å². The molecule has 17 heavy (non-hydrogen) atoms. The van der Waals surface area contributed by atoms with Crippen LogP contribution in [0.2, 0.25) is 0 Å². The zero-order chi connectivity index (χ0) is 12.3. The second-order valence-electron chi connectivity index (χ2n) is 3.46. The molecule has 0 amide bonds. The van der Waals surface area contributed by atoms with Gasteiger partial charge < -0.3 is 9.84 Å². The van der Waals surface area contributed by atoms with E-state index in [1.165, 1.54) is 11.3 Å². The molecule has 0 unspecified atom stereocenters. The third-order valence-electron chi connectivity index (χ3n) is 2.28. The lowest BCUT2D eigenvalue weighted by atomic mass is 10.2. The molecule has 88 valence electrons. The van der Waals surface area contributed by atoms with Crippen molar-refractivity contribution >= 4 is 17.3 Å². The summed E-state index contributed by atoms with van der Waals surface area (Å²) < 4.78 is 5.55. The summed E-state index contributed by atoms with van der Waals surface area (Å²) >= 11 is 1.20. The summed E-state index contributed by atoms with van der Waals surface area (Å²) in [6.07, 6.45) is 1.69. The fourth-order valence-electron chi connectivity index (χ4n) is 1.41. The molecule has 4 nitrogen and oxygen atoms in total. The second-order valence-corrected chi connectivity index (χ2v) is 4.37. The Morgan fingerprint density at radius 1 is 1.53 bits per heavy atom. The van der Waals surface area contributed by atoms with Gasteiger partial charge in [-0.1, -0.05) is 0 Å². The number of pyridine rings is 1. The van der Waals surface area contributed by atoms with Gasteiger partial charge in [-0.3, -0.25) is 4.98 Å². The van der Waals surface area contributed by atoms with Crippen molar-refractivity contribution in [1.29, 1.82) is 0 Å². The third kappa shape index (κ3) is 2.62. The maximum atomic E-state index is 10.9. The Balaban J connectivity index is 2.10. The molecule has 0 fully saturated rings. The lowest BCUT2D eigenvalue weighted by molar-refractivity contribution is 0.0699. The molecule has 0 aliphatic heterocycles. The number of aromatic nitrogens is 1. The smallest absolute Gasteiger partial charge is 0.346 e. The highest BCUT2D eigenvalue weighted by Crippen LogP contribution is 2.20. The summed E-state index contributed by atoms with van der Waals surface area (Å²) in [6.45, 7) is 2.10. The van der Waals surface area contributed by atoms with Crippen LogP contribution in [0.3, 0.4) is 0 Å². The van der Waals surface area contributed by atoms with Gasteiger partial charge in [0.1, 0.15) is 17.2 Å². The van der Waals surface area contributed by atoms with Crippen molar-refractivity contribution in [3.8, 4) is 5.75 Å². The molecule has 0 spiro atoms. The van der Waals surface area contributed by atoms with Crippen molar-refractivity contribution in [1.82, 2.24) is 4.98 Å². The number of aryl methyl sites for hydroxylation is 1. The normalized spacial score (nSPS) is 10.2. The maximum Gasteiger partial charge on any atom is 0.346 e. The number of carbonyl (C=O) groups is 1. The number of carboxylic acid groups (broad SMARTS) is 1. The average molecular weight is 249 g/mol. The van der Waals surface area contributed by atoms with Crippen LogP contribution < -0.4 is 4.74 Å². The second kappa shape index (κ2) is 4.97. The minimum Gasteiger partial charge on any atom is -0.487 e. The predicted molar refractivity (Wildman–Crippen MR) is 64.6 cm³/mol. The summed E-state index contributed by atoms with van der Waals surface area (Å²) in [6, 6.07) is 5.36. The maximum absolute atomic E-state index is 10.9. The van der Waals surface area contributed by atoms with Crippen molar-refractivity contribution in [2.45, 2.75) is 13.5 Å². The number of thiophene rings is 1. The lowest BCUT2D eigenvalue weighted by Gasteiger charge is -2.07. The van der Waals surface area contributed by atoms with Gasteiger partial charge in [-0.25, -0.2) is 4.79 Å². The van der Waals surface area contributed by atoms with E-state index in [1.807, 2.05) is 13.0 Å². The Kier molecular flexibility index (Phi) is 3.39.